The van der Waals surface area contributed by atoms with Crippen LogP contribution in [-0.4, -0.2) is 61.0 Å². The van der Waals surface area contributed by atoms with Crippen LogP contribution in [0.5, 0.6) is 0 Å². The summed E-state index contributed by atoms with van der Waals surface area (Å²) in [6.45, 7) is 3.63. The minimum absolute atomic E-state index is 0.0383. The molecule has 1 heterocycles. The maximum Gasteiger partial charge on any atom is 0.253 e. The van der Waals surface area contributed by atoms with Gasteiger partial charge in [0.2, 0.25) is 5.91 Å². The minimum atomic E-state index is -0.443. The number of hydrogen-bond acceptors (Lipinski definition) is 4. The maximum absolute atomic E-state index is 12.0. The first-order chi connectivity index (χ1) is 10.4. The Morgan fingerprint density at radius 1 is 1.41 bits per heavy atom. The summed E-state index contributed by atoms with van der Waals surface area (Å²) in [5.74, 6) is -0.420. The second kappa shape index (κ2) is 6.89. The van der Waals surface area contributed by atoms with Gasteiger partial charge in [-0.25, -0.2) is 0 Å². The molecule has 2 N–H and O–H groups in total. The fourth-order valence-corrected chi connectivity index (χ4v) is 2.77. The van der Waals surface area contributed by atoms with Crippen LogP contribution in [0.15, 0.2) is 24.3 Å². The molecule has 1 aliphatic rings. The third-order valence-electron chi connectivity index (χ3n) is 3.85. The number of amides is 2. The van der Waals surface area contributed by atoms with Gasteiger partial charge in [0.15, 0.2) is 0 Å². The van der Waals surface area contributed by atoms with E-state index in [1.54, 1.807) is 25.1 Å². The number of morpholine rings is 1. The van der Waals surface area contributed by atoms with Crippen molar-refractivity contribution in [2.75, 3.05) is 27.2 Å². The summed E-state index contributed by atoms with van der Waals surface area (Å²) >= 11 is 0. The van der Waals surface area contributed by atoms with Crippen LogP contribution in [0, 0.1) is 0 Å². The van der Waals surface area contributed by atoms with Gasteiger partial charge in [-0.05, 0) is 24.6 Å². The van der Waals surface area contributed by atoms with E-state index < -0.39 is 6.04 Å². The Hall–Kier alpha value is -1.92. The lowest BCUT2D eigenvalue weighted by Crippen LogP contribution is -2.56. The molecular weight excluding hydrogens is 282 g/mol. The Balaban J connectivity index is 2.17. The molecule has 6 heteroatoms. The number of carbonyl (C=O) groups is 2. The number of nitrogens with two attached hydrogens (primary N) is 1. The summed E-state index contributed by atoms with van der Waals surface area (Å²) in [6.07, 6.45) is -0.224. The molecule has 1 fully saturated rings. The molecule has 2 rings (SSSR count). The van der Waals surface area contributed by atoms with Gasteiger partial charge < -0.3 is 15.4 Å². The van der Waals surface area contributed by atoms with Crippen molar-refractivity contribution in [3.05, 3.63) is 35.4 Å². The molecule has 1 aromatic carbocycles. The van der Waals surface area contributed by atoms with Gasteiger partial charge >= 0.3 is 0 Å². The Bertz CT molecular complexity index is 559. The van der Waals surface area contributed by atoms with E-state index in [-0.39, 0.29) is 17.9 Å². The highest BCUT2D eigenvalue weighted by atomic mass is 16.5. The number of carbonyl (C=O) groups excluding carboxylic acids is 2. The van der Waals surface area contributed by atoms with E-state index >= 15 is 0 Å². The second-order valence-corrected chi connectivity index (χ2v) is 5.79. The van der Waals surface area contributed by atoms with Gasteiger partial charge in [0.1, 0.15) is 6.04 Å². The van der Waals surface area contributed by atoms with E-state index in [4.69, 9.17) is 10.5 Å². The molecule has 0 saturated carbocycles. The predicted molar refractivity (Wildman–Crippen MR) is 83.3 cm³/mol. The molecular formula is C16H23N3O3. The summed E-state index contributed by atoms with van der Waals surface area (Å²) in [5, 5.41) is 0. The number of rotatable bonds is 4. The number of nitrogens with zero attached hydrogens (tertiary/aromatic N) is 2. The maximum atomic E-state index is 12.0. The van der Waals surface area contributed by atoms with Crippen LogP contribution in [-0.2, 0) is 16.1 Å². The molecule has 1 aliphatic heterocycles. The van der Waals surface area contributed by atoms with Crippen molar-refractivity contribution in [2.45, 2.75) is 25.6 Å². The van der Waals surface area contributed by atoms with E-state index in [9.17, 15) is 9.59 Å². The van der Waals surface area contributed by atoms with Crippen LogP contribution < -0.4 is 5.73 Å². The lowest BCUT2D eigenvalue weighted by atomic mass is 10.0. The van der Waals surface area contributed by atoms with Gasteiger partial charge in [-0.1, -0.05) is 12.1 Å². The van der Waals surface area contributed by atoms with Gasteiger partial charge in [0.25, 0.3) is 5.91 Å². The summed E-state index contributed by atoms with van der Waals surface area (Å²) < 4.78 is 5.51. The predicted octanol–water partition coefficient (Wildman–Crippen LogP) is 0.463. The van der Waals surface area contributed by atoms with Gasteiger partial charge in [-0.15, -0.1) is 0 Å². The van der Waals surface area contributed by atoms with Crippen LogP contribution in [0.2, 0.25) is 0 Å². The van der Waals surface area contributed by atoms with Crippen LogP contribution >= 0.6 is 0 Å². The smallest absolute Gasteiger partial charge is 0.253 e. The first-order valence-corrected chi connectivity index (χ1v) is 7.35. The molecule has 2 amide bonds. The summed E-state index contributed by atoms with van der Waals surface area (Å²) in [6, 6.07) is 7.02. The van der Waals surface area contributed by atoms with E-state index in [0.717, 1.165) is 5.56 Å². The van der Waals surface area contributed by atoms with Gasteiger partial charge in [-0.3, -0.25) is 14.5 Å². The van der Waals surface area contributed by atoms with E-state index in [2.05, 4.69) is 0 Å². The van der Waals surface area contributed by atoms with Crippen molar-refractivity contribution >= 4 is 11.8 Å². The first-order valence-electron chi connectivity index (χ1n) is 7.35. The quantitative estimate of drug-likeness (QED) is 0.877. The van der Waals surface area contributed by atoms with Gasteiger partial charge in [0.05, 0.1) is 12.7 Å². The Morgan fingerprint density at radius 2 is 2.14 bits per heavy atom. The third kappa shape index (κ3) is 3.64. The molecule has 120 valence electrons. The fourth-order valence-electron chi connectivity index (χ4n) is 2.77. The zero-order valence-corrected chi connectivity index (χ0v) is 13.3. The van der Waals surface area contributed by atoms with E-state index in [1.165, 1.54) is 0 Å². The molecule has 6 nitrogen and oxygen atoms in total. The van der Waals surface area contributed by atoms with Gasteiger partial charge in [-0.2, -0.15) is 0 Å². The highest BCUT2D eigenvalue weighted by Gasteiger charge is 2.33. The molecule has 0 radical (unpaired) electrons. The second-order valence-electron chi connectivity index (χ2n) is 5.79. The molecule has 0 unspecified atom stereocenters. The zero-order valence-electron chi connectivity index (χ0n) is 13.3. The molecule has 0 spiro atoms. The molecule has 1 saturated heterocycles. The lowest BCUT2D eigenvalue weighted by Gasteiger charge is -2.37. The van der Waals surface area contributed by atoms with Crippen molar-refractivity contribution in [1.82, 2.24) is 9.80 Å². The Kier molecular flexibility index (Phi) is 5.15. The van der Waals surface area contributed by atoms with Crippen LogP contribution in [0.4, 0.5) is 0 Å². The lowest BCUT2D eigenvalue weighted by molar-refractivity contribution is -0.136. The molecule has 0 aromatic heterocycles. The molecule has 1 aromatic rings. The van der Waals surface area contributed by atoms with Crippen LogP contribution in [0.3, 0.4) is 0 Å². The van der Waals surface area contributed by atoms with E-state index in [1.807, 2.05) is 30.0 Å². The number of primary amides is 1. The van der Waals surface area contributed by atoms with Crippen molar-refractivity contribution in [3.63, 3.8) is 0 Å². The SMILES string of the molecule is C[C@H]1OCCN(Cc2cccc(C(=O)N(C)C)c2)[C@@H]1C(N)=O. The highest BCUT2D eigenvalue weighted by molar-refractivity contribution is 5.94. The highest BCUT2D eigenvalue weighted by Crippen LogP contribution is 2.18. The Labute approximate surface area is 130 Å². The Morgan fingerprint density at radius 3 is 2.77 bits per heavy atom. The van der Waals surface area contributed by atoms with Crippen molar-refractivity contribution in [3.8, 4) is 0 Å². The van der Waals surface area contributed by atoms with Gasteiger partial charge in [0, 0.05) is 32.7 Å². The topological polar surface area (TPSA) is 75.9 Å². The van der Waals surface area contributed by atoms with Crippen LogP contribution in [0.25, 0.3) is 0 Å². The molecule has 22 heavy (non-hydrogen) atoms. The zero-order chi connectivity index (χ0) is 16.3. The van der Waals surface area contributed by atoms with Crippen molar-refractivity contribution < 1.29 is 14.3 Å². The normalized spacial score (nSPS) is 22.3. The average molecular weight is 305 g/mol. The number of benzene rings is 1. The average Bonchev–Trinajstić information content (AvgIpc) is 2.46. The fraction of sp³-hybridized carbons (Fsp3) is 0.500. The molecule has 2 atom stereocenters. The number of hydrogen-bond donors (Lipinski definition) is 1. The largest absolute Gasteiger partial charge is 0.375 e. The summed E-state index contributed by atoms with van der Waals surface area (Å²) in [5.41, 5.74) is 7.12. The molecule has 0 aliphatic carbocycles. The summed E-state index contributed by atoms with van der Waals surface area (Å²) in [4.78, 5) is 27.3. The monoisotopic (exact) mass is 305 g/mol. The summed E-state index contributed by atoms with van der Waals surface area (Å²) in [7, 11) is 3.45. The third-order valence-corrected chi connectivity index (χ3v) is 3.85. The first kappa shape index (κ1) is 16.5. The van der Waals surface area contributed by atoms with Crippen molar-refractivity contribution in [1.29, 1.82) is 0 Å². The number of ether oxygens (including phenoxy) is 1. The standard InChI is InChI=1S/C16H23N3O3/c1-11-14(15(17)20)19(7-8-22-11)10-12-5-4-6-13(9-12)16(21)18(2)3/h4-6,9,11,14H,7-8,10H2,1-3H3,(H2,17,20)/t11-,14+/m1/s1. The minimum Gasteiger partial charge on any atom is -0.375 e. The van der Waals surface area contributed by atoms with E-state index in [0.29, 0.717) is 25.3 Å². The van der Waals surface area contributed by atoms with Crippen LogP contribution in [0.1, 0.15) is 22.8 Å². The van der Waals surface area contributed by atoms with Crippen molar-refractivity contribution in [2.24, 2.45) is 5.73 Å². The molecule has 0 bridgehead atoms.